The number of hydrogen-bond acceptors (Lipinski definition) is 7. The van der Waals surface area contributed by atoms with E-state index in [4.69, 9.17) is 10.5 Å². The highest BCUT2D eigenvalue weighted by Gasteiger charge is 2.12. The molecule has 0 aromatic carbocycles. The van der Waals surface area contributed by atoms with Gasteiger partial charge in [-0.15, -0.1) is 0 Å². The first-order chi connectivity index (χ1) is 9.28. The maximum atomic E-state index is 5.60. The molecule has 0 aliphatic rings. The van der Waals surface area contributed by atoms with Crippen molar-refractivity contribution < 1.29 is 4.74 Å². The van der Waals surface area contributed by atoms with Crippen LogP contribution in [0.5, 0.6) is 5.88 Å². The number of aromatic nitrogens is 6. The van der Waals surface area contributed by atoms with Crippen molar-refractivity contribution in [3.05, 3.63) is 18.6 Å². The number of rotatable bonds is 3. The number of ether oxygens (including phenoxy) is 1. The van der Waals surface area contributed by atoms with Crippen LogP contribution in [0.2, 0.25) is 0 Å². The monoisotopic (exact) mass is 257 g/mol. The van der Waals surface area contributed by atoms with Crippen LogP contribution in [0.1, 0.15) is 6.92 Å². The van der Waals surface area contributed by atoms with Crippen LogP contribution < -0.4 is 10.5 Å². The average molecular weight is 257 g/mol. The lowest BCUT2D eigenvalue weighted by atomic mass is 10.2. The fourth-order valence-corrected chi connectivity index (χ4v) is 1.67. The van der Waals surface area contributed by atoms with Crippen molar-refractivity contribution in [1.82, 2.24) is 30.1 Å². The first kappa shape index (κ1) is 11.3. The Hall–Kier alpha value is -2.77. The van der Waals surface area contributed by atoms with Gasteiger partial charge in [0, 0.05) is 11.8 Å². The van der Waals surface area contributed by atoms with Gasteiger partial charge < -0.3 is 10.5 Å². The molecule has 3 aromatic rings. The molecule has 0 amide bonds. The minimum absolute atomic E-state index is 0.112. The van der Waals surface area contributed by atoms with Crippen molar-refractivity contribution in [2.45, 2.75) is 6.92 Å². The molecular weight excluding hydrogens is 246 g/mol. The molecule has 0 unspecified atom stereocenters. The van der Waals surface area contributed by atoms with Gasteiger partial charge >= 0.3 is 0 Å². The number of nitrogen functional groups attached to an aromatic ring is 1. The minimum Gasteiger partial charge on any atom is -0.476 e. The number of nitrogens with zero attached hydrogens (tertiary/aromatic N) is 5. The molecule has 3 aromatic heterocycles. The van der Waals surface area contributed by atoms with E-state index in [2.05, 4.69) is 30.1 Å². The van der Waals surface area contributed by atoms with Crippen LogP contribution in [0.15, 0.2) is 18.6 Å². The Morgan fingerprint density at radius 2 is 2.16 bits per heavy atom. The third-order valence-electron chi connectivity index (χ3n) is 2.47. The maximum absolute atomic E-state index is 5.60. The van der Waals surface area contributed by atoms with Crippen molar-refractivity contribution in [1.29, 1.82) is 0 Å². The summed E-state index contributed by atoms with van der Waals surface area (Å²) in [5.74, 6) is 0.448. The number of aromatic amines is 1. The van der Waals surface area contributed by atoms with Gasteiger partial charge in [0.05, 0.1) is 24.7 Å². The SMILES string of the molecule is CCOc1nc(N)nc2ncc(-c3cn[nH]c3)nc12. The number of anilines is 1. The molecule has 3 N–H and O–H groups in total. The van der Waals surface area contributed by atoms with Gasteiger partial charge in [-0.3, -0.25) is 5.10 Å². The van der Waals surface area contributed by atoms with Gasteiger partial charge in [-0.05, 0) is 6.92 Å². The Morgan fingerprint density at radius 1 is 1.26 bits per heavy atom. The van der Waals surface area contributed by atoms with Gasteiger partial charge in [-0.25, -0.2) is 9.97 Å². The topological polar surface area (TPSA) is 115 Å². The fourth-order valence-electron chi connectivity index (χ4n) is 1.67. The van der Waals surface area contributed by atoms with E-state index in [1.54, 1.807) is 18.6 Å². The van der Waals surface area contributed by atoms with Gasteiger partial charge in [-0.1, -0.05) is 0 Å². The van der Waals surface area contributed by atoms with Crippen LogP contribution in [-0.4, -0.2) is 36.7 Å². The van der Waals surface area contributed by atoms with Gasteiger partial charge in [-0.2, -0.15) is 15.1 Å². The Morgan fingerprint density at radius 3 is 2.89 bits per heavy atom. The van der Waals surface area contributed by atoms with Crippen LogP contribution in [-0.2, 0) is 0 Å². The highest BCUT2D eigenvalue weighted by atomic mass is 16.5. The standard InChI is InChI=1S/C11H11N7O/c1-2-19-10-8-9(17-11(12)18-10)13-5-7(16-8)6-3-14-15-4-6/h3-5H,2H2,1H3,(H,14,15)(H2,12,13,17,18). The second-order valence-corrected chi connectivity index (χ2v) is 3.73. The molecule has 0 saturated heterocycles. The van der Waals surface area contributed by atoms with Crippen molar-refractivity contribution >= 4 is 17.1 Å². The van der Waals surface area contributed by atoms with E-state index in [1.165, 1.54) is 0 Å². The summed E-state index contributed by atoms with van der Waals surface area (Å²) in [6.07, 6.45) is 5.00. The minimum atomic E-state index is 0.112. The highest BCUT2D eigenvalue weighted by molar-refractivity contribution is 5.79. The molecule has 0 fully saturated rings. The van der Waals surface area contributed by atoms with Crippen molar-refractivity contribution in [3.63, 3.8) is 0 Å². The molecule has 0 aliphatic heterocycles. The molecule has 3 heterocycles. The predicted molar refractivity (Wildman–Crippen MR) is 68.3 cm³/mol. The summed E-state index contributed by atoms with van der Waals surface area (Å²) in [5.41, 5.74) is 7.98. The number of fused-ring (bicyclic) bond motifs is 1. The number of nitrogens with one attached hydrogen (secondary N) is 1. The largest absolute Gasteiger partial charge is 0.476 e. The number of H-pyrrole nitrogens is 1. The first-order valence-corrected chi connectivity index (χ1v) is 5.70. The van der Waals surface area contributed by atoms with Crippen LogP contribution in [0.3, 0.4) is 0 Å². The van der Waals surface area contributed by atoms with Crippen molar-refractivity contribution in [3.8, 4) is 17.1 Å². The van der Waals surface area contributed by atoms with Crippen LogP contribution in [0, 0.1) is 0 Å². The van der Waals surface area contributed by atoms with E-state index >= 15 is 0 Å². The van der Waals surface area contributed by atoms with E-state index in [-0.39, 0.29) is 5.95 Å². The summed E-state index contributed by atoms with van der Waals surface area (Å²) in [4.78, 5) is 16.7. The summed E-state index contributed by atoms with van der Waals surface area (Å²) in [6, 6.07) is 0. The molecule has 8 nitrogen and oxygen atoms in total. The lowest BCUT2D eigenvalue weighted by Gasteiger charge is -2.06. The molecule has 96 valence electrons. The number of hydrogen-bond donors (Lipinski definition) is 2. The molecule has 0 atom stereocenters. The normalized spacial score (nSPS) is 10.8. The quantitative estimate of drug-likeness (QED) is 0.712. The predicted octanol–water partition coefficient (Wildman–Crippen LogP) is 0.791. The summed E-state index contributed by atoms with van der Waals surface area (Å²) in [5, 5.41) is 6.60. The van der Waals surface area contributed by atoms with E-state index in [0.717, 1.165) is 5.56 Å². The van der Waals surface area contributed by atoms with Gasteiger partial charge in [0.25, 0.3) is 0 Å². The van der Waals surface area contributed by atoms with Crippen LogP contribution in [0.25, 0.3) is 22.4 Å². The lowest BCUT2D eigenvalue weighted by Crippen LogP contribution is -2.04. The van der Waals surface area contributed by atoms with Crippen molar-refractivity contribution in [2.75, 3.05) is 12.3 Å². The fraction of sp³-hybridized carbons (Fsp3) is 0.182. The molecule has 0 saturated carbocycles. The van der Waals surface area contributed by atoms with Gasteiger partial charge in [0.1, 0.15) is 0 Å². The Bertz CT molecular complexity index is 710. The summed E-state index contributed by atoms with van der Waals surface area (Å²) in [7, 11) is 0. The molecular formula is C11H11N7O. The third-order valence-corrected chi connectivity index (χ3v) is 2.47. The number of nitrogens with two attached hydrogens (primary N) is 1. The molecule has 0 radical (unpaired) electrons. The first-order valence-electron chi connectivity index (χ1n) is 5.70. The molecule has 8 heteroatoms. The third kappa shape index (κ3) is 2.03. The zero-order valence-corrected chi connectivity index (χ0v) is 10.2. The summed E-state index contributed by atoms with van der Waals surface area (Å²) in [6.45, 7) is 2.32. The van der Waals surface area contributed by atoms with Crippen LogP contribution >= 0.6 is 0 Å². The molecule has 0 spiro atoms. The highest BCUT2D eigenvalue weighted by Crippen LogP contribution is 2.23. The zero-order chi connectivity index (χ0) is 13.2. The van der Waals surface area contributed by atoms with E-state index in [0.29, 0.717) is 29.3 Å². The summed E-state index contributed by atoms with van der Waals surface area (Å²) < 4.78 is 5.42. The summed E-state index contributed by atoms with van der Waals surface area (Å²) >= 11 is 0. The van der Waals surface area contributed by atoms with Gasteiger partial charge in [0.15, 0.2) is 11.2 Å². The van der Waals surface area contributed by atoms with Gasteiger partial charge in [0.2, 0.25) is 11.8 Å². The molecule has 0 aliphatic carbocycles. The average Bonchev–Trinajstić information content (AvgIpc) is 2.92. The molecule has 19 heavy (non-hydrogen) atoms. The smallest absolute Gasteiger partial charge is 0.247 e. The molecule has 0 bridgehead atoms. The Labute approximate surface area is 108 Å². The van der Waals surface area contributed by atoms with E-state index in [1.807, 2.05) is 6.92 Å². The Balaban J connectivity index is 2.20. The van der Waals surface area contributed by atoms with E-state index in [9.17, 15) is 0 Å². The maximum Gasteiger partial charge on any atom is 0.247 e. The molecule has 3 rings (SSSR count). The second-order valence-electron chi connectivity index (χ2n) is 3.73. The van der Waals surface area contributed by atoms with Crippen molar-refractivity contribution in [2.24, 2.45) is 0 Å². The van der Waals surface area contributed by atoms with E-state index < -0.39 is 0 Å². The Kier molecular flexibility index (Phi) is 2.67. The lowest BCUT2D eigenvalue weighted by molar-refractivity contribution is 0.330. The second kappa shape index (κ2) is 4.48. The van der Waals surface area contributed by atoms with Crippen LogP contribution in [0.4, 0.5) is 5.95 Å². The zero-order valence-electron chi connectivity index (χ0n) is 10.2.